The van der Waals surface area contributed by atoms with Crippen LogP contribution in [0, 0.1) is 11.8 Å². The molecule has 1 saturated carbocycles. The van der Waals surface area contributed by atoms with Crippen molar-refractivity contribution in [2.24, 2.45) is 11.8 Å². The maximum Gasteiger partial charge on any atom is 0.00955 e. The SMILES string of the molecule is CCCNC1CCC(C)CC1CCCSCC. The molecule has 1 rings (SSSR count). The normalized spacial score (nSPS) is 29.5. The number of hydrogen-bond donors (Lipinski definition) is 1. The van der Waals surface area contributed by atoms with E-state index >= 15 is 0 Å². The van der Waals surface area contributed by atoms with Crippen molar-refractivity contribution in [3.8, 4) is 0 Å². The predicted molar refractivity (Wildman–Crippen MR) is 80.8 cm³/mol. The molecule has 0 aromatic rings. The van der Waals surface area contributed by atoms with Gasteiger partial charge < -0.3 is 5.32 Å². The highest BCUT2D eigenvalue weighted by Gasteiger charge is 2.27. The van der Waals surface area contributed by atoms with Crippen LogP contribution in [0.3, 0.4) is 0 Å². The number of thioether (sulfide) groups is 1. The predicted octanol–water partition coefficient (Wildman–Crippen LogP) is 4.32. The second kappa shape index (κ2) is 9.27. The first-order chi connectivity index (χ1) is 8.27. The van der Waals surface area contributed by atoms with Crippen LogP contribution in [0.25, 0.3) is 0 Å². The molecular formula is C15H31NS. The minimum Gasteiger partial charge on any atom is -0.314 e. The molecule has 0 radical (unpaired) electrons. The fourth-order valence-electron chi connectivity index (χ4n) is 3.01. The fraction of sp³-hybridized carbons (Fsp3) is 1.00. The van der Waals surface area contributed by atoms with E-state index in [1.165, 1.54) is 56.6 Å². The van der Waals surface area contributed by atoms with Gasteiger partial charge in [-0.3, -0.25) is 0 Å². The van der Waals surface area contributed by atoms with Crippen LogP contribution in [0.4, 0.5) is 0 Å². The molecule has 0 saturated heterocycles. The monoisotopic (exact) mass is 257 g/mol. The Hall–Kier alpha value is 0.310. The van der Waals surface area contributed by atoms with Gasteiger partial charge in [0.2, 0.25) is 0 Å². The van der Waals surface area contributed by atoms with Crippen molar-refractivity contribution in [3.63, 3.8) is 0 Å². The van der Waals surface area contributed by atoms with Crippen molar-refractivity contribution >= 4 is 11.8 Å². The third-order valence-corrected chi connectivity index (χ3v) is 4.95. The van der Waals surface area contributed by atoms with Crippen LogP contribution in [0.2, 0.25) is 0 Å². The van der Waals surface area contributed by atoms with Gasteiger partial charge in [0.25, 0.3) is 0 Å². The maximum atomic E-state index is 3.78. The smallest absolute Gasteiger partial charge is 0.00955 e. The summed E-state index contributed by atoms with van der Waals surface area (Å²) in [5.74, 6) is 4.54. The summed E-state index contributed by atoms with van der Waals surface area (Å²) in [6, 6.07) is 0.817. The highest BCUT2D eigenvalue weighted by Crippen LogP contribution is 2.32. The Morgan fingerprint density at radius 1 is 1.24 bits per heavy atom. The van der Waals surface area contributed by atoms with Crippen molar-refractivity contribution in [2.45, 2.75) is 65.3 Å². The molecular weight excluding hydrogens is 226 g/mol. The van der Waals surface area contributed by atoms with E-state index in [1.807, 2.05) is 0 Å². The van der Waals surface area contributed by atoms with Crippen LogP contribution in [0.1, 0.15) is 59.3 Å². The molecule has 1 aliphatic carbocycles. The van der Waals surface area contributed by atoms with Gasteiger partial charge in [0.15, 0.2) is 0 Å². The van der Waals surface area contributed by atoms with Gasteiger partial charge in [-0.1, -0.05) is 20.8 Å². The Morgan fingerprint density at radius 2 is 2.06 bits per heavy atom. The number of hydrogen-bond acceptors (Lipinski definition) is 2. The zero-order valence-electron chi connectivity index (χ0n) is 12.0. The minimum atomic E-state index is 0.817. The Bertz CT molecular complexity index is 182. The molecule has 0 spiro atoms. The van der Waals surface area contributed by atoms with E-state index in [2.05, 4.69) is 37.8 Å². The molecule has 1 N–H and O–H groups in total. The lowest BCUT2D eigenvalue weighted by Crippen LogP contribution is -2.40. The standard InChI is InChI=1S/C15H31NS/c1-4-10-16-15-9-8-13(3)12-14(15)7-6-11-17-5-2/h13-16H,4-12H2,1-3H3. The van der Waals surface area contributed by atoms with Crippen molar-refractivity contribution in [1.29, 1.82) is 0 Å². The molecule has 3 unspecified atom stereocenters. The van der Waals surface area contributed by atoms with Crippen LogP contribution in [-0.4, -0.2) is 24.1 Å². The van der Waals surface area contributed by atoms with Crippen LogP contribution < -0.4 is 5.32 Å². The zero-order chi connectivity index (χ0) is 12.5. The van der Waals surface area contributed by atoms with Gasteiger partial charge in [-0.25, -0.2) is 0 Å². The topological polar surface area (TPSA) is 12.0 Å². The summed E-state index contributed by atoms with van der Waals surface area (Å²) >= 11 is 2.10. The summed E-state index contributed by atoms with van der Waals surface area (Å²) in [6.07, 6.45) is 8.43. The second-order valence-corrected chi connectivity index (χ2v) is 6.97. The Morgan fingerprint density at radius 3 is 2.76 bits per heavy atom. The van der Waals surface area contributed by atoms with Crippen LogP contribution in [-0.2, 0) is 0 Å². The Labute approximate surface area is 113 Å². The molecule has 0 heterocycles. The maximum absolute atomic E-state index is 3.78. The van der Waals surface area contributed by atoms with Crippen molar-refractivity contribution in [3.05, 3.63) is 0 Å². The summed E-state index contributed by atoms with van der Waals surface area (Å²) in [5, 5.41) is 3.78. The van der Waals surface area contributed by atoms with E-state index in [9.17, 15) is 0 Å². The zero-order valence-corrected chi connectivity index (χ0v) is 12.8. The highest BCUT2D eigenvalue weighted by atomic mass is 32.2. The molecule has 2 heteroatoms. The Kier molecular flexibility index (Phi) is 8.38. The molecule has 0 amide bonds. The van der Waals surface area contributed by atoms with Crippen LogP contribution in [0.15, 0.2) is 0 Å². The van der Waals surface area contributed by atoms with Crippen molar-refractivity contribution in [1.82, 2.24) is 5.32 Å². The average Bonchev–Trinajstić information content (AvgIpc) is 2.33. The molecule has 0 aliphatic heterocycles. The van der Waals surface area contributed by atoms with E-state index in [1.54, 1.807) is 0 Å². The first kappa shape index (κ1) is 15.4. The summed E-state index contributed by atoms with van der Waals surface area (Å²) in [5.41, 5.74) is 0. The van der Waals surface area contributed by atoms with E-state index in [-0.39, 0.29) is 0 Å². The summed E-state index contributed by atoms with van der Waals surface area (Å²) < 4.78 is 0. The molecule has 0 bridgehead atoms. The lowest BCUT2D eigenvalue weighted by molar-refractivity contribution is 0.202. The van der Waals surface area contributed by atoms with Gasteiger partial charge >= 0.3 is 0 Å². The van der Waals surface area contributed by atoms with E-state index in [0.717, 1.165) is 17.9 Å². The van der Waals surface area contributed by atoms with E-state index < -0.39 is 0 Å². The van der Waals surface area contributed by atoms with Gasteiger partial charge in [-0.15, -0.1) is 0 Å². The lowest BCUT2D eigenvalue weighted by Gasteiger charge is -2.35. The van der Waals surface area contributed by atoms with Gasteiger partial charge in [-0.2, -0.15) is 11.8 Å². The summed E-state index contributed by atoms with van der Waals surface area (Å²) in [6.45, 7) is 8.17. The van der Waals surface area contributed by atoms with Crippen molar-refractivity contribution in [2.75, 3.05) is 18.1 Å². The van der Waals surface area contributed by atoms with Gasteiger partial charge in [-0.05, 0) is 68.4 Å². The van der Waals surface area contributed by atoms with Gasteiger partial charge in [0, 0.05) is 6.04 Å². The van der Waals surface area contributed by atoms with Gasteiger partial charge in [0.05, 0.1) is 0 Å². The van der Waals surface area contributed by atoms with Gasteiger partial charge in [0.1, 0.15) is 0 Å². The molecule has 0 aromatic carbocycles. The molecule has 1 aliphatic rings. The lowest BCUT2D eigenvalue weighted by atomic mass is 9.77. The molecule has 0 aromatic heterocycles. The van der Waals surface area contributed by atoms with E-state index in [0.29, 0.717) is 0 Å². The summed E-state index contributed by atoms with van der Waals surface area (Å²) in [4.78, 5) is 0. The van der Waals surface area contributed by atoms with Crippen LogP contribution in [0.5, 0.6) is 0 Å². The average molecular weight is 257 g/mol. The van der Waals surface area contributed by atoms with E-state index in [4.69, 9.17) is 0 Å². The molecule has 17 heavy (non-hydrogen) atoms. The molecule has 1 fully saturated rings. The third-order valence-electron chi connectivity index (χ3n) is 3.97. The Balaban J connectivity index is 2.27. The van der Waals surface area contributed by atoms with Crippen molar-refractivity contribution < 1.29 is 0 Å². The number of rotatable bonds is 8. The third kappa shape index (κ3) is 6.15. The summed E-state index contributed by atoms with van der Waals surface area (Å²) in [7, 11) is 0. The van der Waals surface area contributed by atoms with Crippen LogP contribution >= 0.6 is 11.8 Å². The number of nitrogens with one attached hydrogen (secondary N) is 1. The first-order valence-electron chi connectivity index (χ1n) is 7.59. The molecule has 1 nitrogen and oxygen atoms in total. The molecule has 3 atom stereocenters. The minimum absolute atomic E-state index is 0.817. The second-order valence-electron chi connectivity index (χ2n) is 5.58. The first-order valence-corrected chi connectivity index (χ1v) is 8.74. The fourth-order valence-corrected chi connectivity index (χ4v) is 3.67. The molecule has 102 valence electrons. The quantitative estimate of drug-likeness (QED) is 0.650. The highest BCUT2D eigenvalue weighted by molar-refractivity contribution is 7.99. The largest absolute Gasteiger partial charge is 0.314 e.